The van der Waals surface area contributed by atoms with Gasteiger partial charge in [0.05, 0.1) is 0 Å². The van der Waals surface area contributed by atoms with Crippen molar-refractivity contribution >= 4 is 11.7 Å². The zero-order chi connectivity index (χ0) is 11.5. The van der Waals surface area contributed by atoms with Crippen LogP contribution in [0.5, 0.6) is 0 Å². The SMILES string of the molecule is Cc1cc(F)cc(NC(=O)N2CCCC2)c1. The van der Waals surface area contributed by atoms with E-state index in [4.69, 9.17) is 0 Å². The smallest absolute Gasteiger partial charge is 0.321 e. The van der Waals surface area contributed by atoms with Crippen molar-refractivity contribution in [2.75, 3.05) is 18.4 Å². The van der Waals surface area contributed by atoms with E-state index in [0.29, 0.717) is 5.69 Å². The van der Waals surface area contributed by atoms with Crippen LogP contribution in [0.3, 0.4) is 0 Å². The first-order chi connectivity index (χ1) is 7.65. The monoisotopic (exact) mass is 222 g/mol. The molecule has 1 aromatic carbocycles. The zero-order valence-electron chi connectivity index (χ0n) is 9.29. The third-order valence-electron chi connectivity index (χ3n) is 2.69. The molecule has 3 nitrogen and oxygen atoms in total. The van der Waals surface area contributed by atoms with E-state index in [-0.39, 0.29) is 11.8 Å². The van der Waals surface area contributed by atoms with Crippen molar-refractivity contribution in [3.05, 3.63) is 29.6 Å². The molecule has 4 heteroatoms. The molecule has 0 spiro atoms. The molecule has 0 unspecified atom stereocenters. The van der Waals surface area contributed by atoms with Gasteiger partial charge >= 0.3 is 6.03 Å². The number of aryl methyl sites for hydroxylation is 1. The van der Waals surface area contributed by atoms with E-state index in [2.05, 4.69) is 5.32 Å². The van der Waals surface area contributed by atoms with E-state index in [9.17, 15) is 9.18 Å². The van der Waals surface area contributed by atoms with Crippen LogP contribution >= 0.6 is 0 Å². The van der Waals surface area contributed by atoms with Crippen molar-refractivity contribution in [3.8, 4) is 0 Å². The number of likely N-dealkylation sites (tertiary alicyclic amines) is 1. The summed E-state index contributed by atoms with van der Waals surface area (Å²) >= 11 is 0. The lowest BCUT2D eigenvalue weighted by atomic mass is 10.2. The maximum Gasteiger partial charge on any atom is 0.321 e. The van der Waals surface area contributed by atoms with Crippen molar-refractivity contribution in [1.29, 1.82) is 0 Å². The summed E-state index contributed by atoms with van der Waals surface area (Å²) in [5, 5.41) is 2.71. The molecule has 1 aliphatic rings. The molecule has 0 bridgehead atoms. The van der Waals surface area contributed by atoms with Gasteiger partial charge in [0, 0.05) is 18.8 Å². The minimum atomic E-state index is -0.322. The number of rotatable bonds is 1. The largest absolute Gasteiger partial charge is 0.325 e. The number of benzene rings is 1. The summed E-state index contributed by atoms with van der Waals surface area (Å²) < 4.78 is 13.1. The average molecular weight is 222 g/mol. The second kappa shape index (κ2) is 4.51. The summed E-state index contributed by atoms with van der Waals surface area (Å²) in [6.07, 6.45) is 2.10. The van der Waals surface area contributed by atoms with Crippen LogP contribution in [0.15, 0.2) is 18.2 Å². The molecule has 2 rings (SSSR count). The van der Waals surface area contributed by atoms with E-state index >= 15 is 0 Å². The maximum absolute atomic E-state index is 13.1. The van der Waals surface area contributed by atoms with Gasteiger partial charge in [-0.1, -0.05) is 0 Å². The van der Waals surface area contributed by atoms with Gasteiger partial charge in [-0.2, -0.15) is 0 Å². The lowest BCUT2D eigenvalue weighted by Crippen LogP contribution is -2.32. The van der Waals surface area contributed by atoms with Crippen LogP contribution in [0, 0.1) is 12.7 Å². The summed E-state index contributed by atoms with van der Waals surface area (Å²) in [6.45, 7) is 3.38. The summed E-state index contributed by atoms with van der Waals surface area (Å²) in [7, 11) is 0. The molecule has 1 saturated heterocycles. The molecule has 16 heavy (non-hydrogen) atoms. The van der Waals surface area contributed by atoms with Crippen molar-refractivity contribution in [2.24, 2.45) is 0 Å². The molecular weight excluding hydrogens is 207 g/mol. The van der Waals surface area contributed by atoms with Gasteiger partial charge in [-0.05, 0) is 43.5 Å². The minimum absolute atomic E-state index is 0.137. The van der Waals surface area contributed by atoms with E-state index in [1.54, 1.807) is 17.9 Å². The Balaban J connectivity index is 2.05. The highest BCUT2D eigenvalue weighted by Gasteiger charge is 2.17. The predicted octanol–water partition coefficient (Wildman–Crippen LogP) is 2.76. The van der Waals surface area contributed by atoms with Crippen molar-refractivity contribution < 1.29 is 9.18 Å². The number of carbonyl (C=O) groups is 1. The summed E-state index contributed by atoms with van der Waals surface area (Å²) in [5.74, 6) is -0.322. The topological polar surface area (TPSA) is 32.3 Å². The molecule has 86 valence electrons. The molecule has 1 fully saturated rings. The van der Waals surface area contributed by atoms with Gasteiger partial charge in [-0.25, -0.2) is 9.18 Å². The number of halogens is 1. The van der Waals surface area contributed by atoms with E-state index in [0.717, 1.165) is 31.5 Å². The van der Waals surface area contributed by atoms with Gasteiger partial charge in [-0.15, -0.1) is 0 Å². The Morgan fingerprint density at radius 1 is 1.31 bits per heavy atom. The predicted molar refractivity (Wildman–Crippen MR) is 61.0 cm³/mol. The Labute approximate surface area is 94.3 Å². The third-order valence-corrected chi connectivity index (χ3v) is 2.69. The number of anilines is 1. The Morgan fingerprint density at radius 2 is 2.00 bits per heavy atom. The summed E-state index contributed by atoms with van der Waals surface area (Å²) in [6, 6.07) is 4.39. The molecule has 1 aromatic rings. The molecular formula is C12H15FN2O. The fraction of sp³-hybridized carbons (Fsp3) is 0.417. The Kier molecular flexibility index (Phi) is 3.08. The van der Waals surface area contributed by atoms with Crippen molar-refractivity contribution in [1.82, 2.24) is 4.90 Å². The number of nitrogens with zero attached hydrogens (tertiary/aromatic N) is 1. The normalized spacial score (nSPS) is 15.2. The fourth-order valence-corrected chi connectivity index (χ4v) is 1.93. The quantitative estimate of drug-likeness (QED) is 0.778. The van der Waals surface area contributed by atoms with Crippen molar-refractivity contribution in [2.45, 2.75) is 19.8 Å². The second-order valence-corrected chi connectivity index (χ2v) is 4.14. The third kappa shape index (κ3) is 2.51. The van der Waals surface area contributed by atoms with Gasteiger partial charge in [-0.3, -0.25) is 0 Å². The number of hydrogen-bond donors (Lipinski definition) is 1. The molecule has 0 radical (unpaired) electrons. The highest BCUT2D eigenvalue weighted by molar-refractivity contribution is 5.89. The van der Waals surface area contributed by atoms with E-state index in [1.807, 2.05) is 0 Å². The van der Waals surface area contributed by atoms with Gasteiger partial charge in [0.1, 0.15) is 5.82 Å². The number of nitrogens with one attached hydrogen (secondary N) is 1. The van der Waals surface area contributed by atoms with Crippen LogP contribution < -0.4 is 5.32 Å². The molecule has 0 atom stereocenters. The first-order valence-corrected chi connectivity index (χ1v) is 5.48. The second-order valence-electron chi connectivity index (χ2n) is 4.14. The van der Waals surface area contributed by atoms with Gasteiger partial charge < -0.3 is 10.2 Å². The van der Waals surface area contributed by atoms with Crippen LogP contribution in [0.1, 0.15) is 18.4 Å². The molecule has 0 aliphatic carbocycles. The van der Waals surface area contributed by atoms with Crippen LogP contribution in [-0.2, 0) is 0 Å². The first kappa shape index (κ1) is 10.9. The van der Waals surface area contributed by atoms with Gasteiger partial charge in [0.2, 0.25) is 0 Å². The summed E-state index contributed by atoms with van der Waals surface area (Å²) in [5.41, 5.74) is 1.33. The molecule has 0 aromatic heterocycles. The van der Waals surface area contributed by atoms with Crippen LogP contribution in [0.2, 0.25) is 0 Å². The van der Waals surface area contributed by atoms with Crippen molar-refractivity contribution in [3.63, 3.8) is 0 Å². The van der Waals surface area contributed by atoms with Crippen LogP contribution in [0.4, 0.5) is 14.9 Å². The Morgan fingerprint density at radius 3 is 2.62 bits per heavy atom. The zero-order valence-corrected chi connectivity index (χ0v) is 9.29. The van der Waals surface area contributed by atoms with Crippen LogP contribution in [0.25, 0.3) is 0 Å². The molecule has 0 saturated carbocycles. The number of amides is 2. The molecule has 1 heterocycles. The van der Waals surface area contributed by atoms with Gasteiger partial charge in [0.25, 0.3) is 0 Å². The number of carbonyl (C=O) groups excluding carboxylic acids is 1. The highest BCUT2D eigenvalue weighted by atomic mass is 19.1. The average Bonchev–Trinajstić information content (AvgIpc) is 2.68. The first-order valence-electron chi connectivity index (χ1n) is 5.48. The minimum Gasteiger partial charge on any atom is -0.325 e. The van der Waals surface area contributed by atoms with Crippen LogP contribution in [-0.4, -0.2) is 24.0 Å². The number of hydrogen-bond acceptors (Lipinski definition) is 1. The van der Waals surface area contributed by atoms with E-state index < -0.39 is 0 Å². The molecule has 1 aliphatic heterocycles. The lowest BCUT2D eigenvalue weighted by Gasteiger charge is -2.16. The Bertz CT molecular complexity index is 380. The summed E-state index contributed by atoms with van der Waals surface area (Å²) in [4.78, 5) is 13.5. The fourth-order valence-electron chi connectivity index (χ4n) is 1.93. The standard InChI is InChI=1S/C12H15FN2O/c1-9-6-10(13)8-11(7-9)14-12(16)15-4-2-3-5-15/h6-8H,2-5H2,1H3,(H,14,16). The van der Waals surface area contributed by atoms with E-state index in [1.165, 1.54) is 12.1 Å². The highest BCUT2D eigenvalue weighted by Crippen LogP contribution is 2.15. The number of urea groups is 1. The molecule has 2 amide bonds. The maximum atomic E-state index is 13.1. The Hall–Kier alpha value is -1.58. The molecule has 1 N–H and O–H groups in total. The lowest BCUT2D eigenvalue weighted by molar-refractivity contribution is 0.222. The van der Waals surface area contributed by atoms with Gasteiger partial charge in [0.15, 0.2) is 0 Å².